The summed E-state index contributed by atoms with van der Waals surface area (Å²) in [6, 6.07) is 11.1. The van der Waals surface area contributed by atoms with Crippen molar-refractivity contribution in [1.82, 2.24) is 20.2 Å². The van der Waals surface area contributed by atoms with Gasteiger partial charge in [-0.2, -0.15) is 0 Å². The van der Waals surface area contributed by atoms with Crippen molar-refractivity contribution >= 4 is 23.0 Å². The summed E-state index contributed by atoms with van der Waals surface area (Å²) in [4.78, 5) is 35.6. The van der Waals surface area contributed by atoms with Gasteiger partial charge in [0.2, 0.25) is 0 Å². The molecule has 0 saturated carbocycles. The maximum Gasteiger partial charge on any atom is 0.268 e. The summed E-state index contributed by atoms with van der Waals surface area (Å²) in [5, 5.41) is 4.02. The van der Waals surface area contributed by atoms with E-state index in [9.17, 15) is 9.59 Å². The van der Waals surface area contributed by atoms with E-state index in [1.165, 1.54) is 11.3 Å². The van der Waals surface area contributed by atoms with E-state index in [0.717, 1.165) is 30.8 Å². The van der Waals surface area contributed by atoms with Crippen molar-refractivity contribution in [3.05, 3.63) is 70.5 Å². The van der Waals surface area contributed by atoms with Crippen molar-refractivity contribution in [2.45, 2.75) is 13.0 Å². The molecule has 0 spiro atoms. The zero-order chi connectivity index (χ0) is 21.5. The average Bonchev–Trinajstić information content (AvgIpc) is 3.16. The van der Waals surface area contributed by atoms with E-state index in [2.05, 4.69) is 20.2 Å². The molecular weight excluding hydrogens is 398 g/mol. The van der Waals surface area contributed by atoms with E-state index in [0.29, 0.717) is 15.4 Å². The minimum Gasteiger partial charge on any atom is -0.364 e. The van der Waals surface area contributed by atoms with Gasteiger partial charge < -0.3 is 16.0 Å². The lowest BCUT2D eigenvalue weighted by Gasteiger charge is -2.10. The maximum absolute atomic E-state index is 12.8. The van der Waals surface area contributed by atoms with Crippen LogP contribution in [0.2, 0.25) is 0 Å². The number of Topliss-reactive ketones (excluding diaryl/α,β-unsaturated/α-hetero) is 1. The number of nitrogens with one attached hydrogen (secondary N) is 1. The van der Waals surface area contributed by atoms with Crippen LogP contribution in [-0.2, 0) is 13.0 Å². The second-order valence-electron chi connectivity index (χ2n) is 7.17. The molecule has 30 heavy (non-hydrogen) atoms. The largest absolute Gasteiger partial charge is 0.364 e. The molecule has 1 amide bonds. The molecule has 0 fully saturated rings. The van der Waals surface area contributed by atoms with Gasteiger partial charge in [0.05, 0.1) is 0 Å². The molecule has 1 aromatic carbocycles. The fourth-order valence-electron chi connectivity index (χ4n) is 2.87. The first-order chi connectivity index (χ1) is 14.4. The number of aromatic nitrogens is 2. The molecule has 156 valence electrons. The Morgan fingerprint density at radius 3 is 2.43 bits per heavy atom. The molecule has 0 aliphatic carbocycles. The van der Waals surface area contributed by atoms with Gasteiger partial charge in [0.15, 0.2) is 5.78 Å². The number of rotatable bonds is 10. The van der Waals surface area contributed by atoms with E-state index in [1.54, 1.807) is 24.5 Å². The van der Waals surface area contributed by atoms with Gasteiger partial charge in [-0.05, 0) is 31.8 Å². The molecule has 3 aromatic rings. The normalized spacial score (nSPS) is 11.0. The molecule has 0 aliphatic rings. The zero-order valence-electron chi connectivity index (χ0n) is 17.1. The van der Waals surface area contributed by atoms with Crippen LogP contribution in [0.4, 0.5) is 0 Å². The lowest BCUT2D eigenvalue weighted by molar-refractivity contribution is 0.0991. The van der Waals surface area contributed by atoms with Crippen molar-refractivity contribution in [1.29, 1.82) is 0 Å². The van der Waals surface area contributed by atoms with Crippen LogP contribution in [0.1, 0.15) is 31.3 Å². The summed E-state index contributed by atoms with van der Waals surface area (Å²) in [7, 11) is 4.07. The number of benzene rings is 1. The molecule has 0 aliphatic heterocycles. The van der Waals surface area contributed by atoms with E-state index in [1.807, 2.05) is 38.4 Å². The molecule has 0 unspecified atom stereocenters. The third kappa shape index (κ3) is 5.79. The van der Waals surface area contributed by atoms with Crippen molar-refractivity contribution in [3.63, 3.8) is 0 Å². The number of nitrogens with zero attached hydrogens (tertiary/aromatic N) is 3. The molecule has 8 heteroatoms. The molecule has 7 nitrogen and oxygen atoms in total. The Morgan fingerprint density at radius 1 is 1.10 bits per heavy atom. The summed E-state index contributed by atoms with van der Waals surface area (Å²) < 4.78 is 0. The van der Waals surface area contributed by atoms with Crippen LogP contribution in [0.5, 0.6) is 0 Å². The predicted molar refractivity (Wildman–Crippen MR) is 119 cm³/mol. The summed E-state index contributed by atoms with van der Waals surface area (Å²) >= 11 is 1.31. The highest BCUT2D eigenvalue weighted by molar-refractivity contribution is 7.15. The third-order valence-electron chi connectivity index (χ3n) is 4.52. The van der Waals surface area contributed by atoms with Gasteiger partial charge in [0, 0.05) is 54.5 Å². The average molecular weight is 424 g/mol. The number of likely N-dealkylation sites (N-methyl/N-ethyl adjacent to an activating group) is 1. The highest BCUT2D eigenvalue weighted by atomic mass is 32.1. The maximum atomic E-state index is 12.8. The predicted octanol–water partition coefficient (Wildman–Crippen LogP) is 2.38. The van der Waals surface area contributed by atoms with Gasteiger partial charge in [-0.1, -0.05) is 24.3 Å². The second kappa shape index (κ2) is 10.2. The number of hydrogen-bond donors (Lipinski definition) is 2. The smallest absolute Gasteiger partial charge is 0.268 e. The van der Waals surface area contributed by atoms with E-state index >= 15 is 0 Å². The van der Waals surface area contributed by atoms with Crippen LogP contribution in [0.3, 0.4) is 0 Å². The molecule has 0 saturated heterocycles. The summed E-state index contributed by atoms with van der Waals surface area (Å²) in [5.41, 5.74) is 8.19. The first kappa shape index (κ1) is 21.8. The monoisotopic (exact) mass is 423 g/mol. The Balaban J connectivity index is 1.68. The SMILES string of the molecule is CN(C)CCNCc1ccc(C(=O)Cc2sc(-c3ccncc3)nc2C(N)=O)cc1. The minimum absolute atomic E-state index is 0.0745. The van der Waals surface area contributed by atoms with Crippen molar-refractivity contribution in [2.24, 2.45) is 5.73 Å². The number of primary amides is 1. The molecule has 0 atom stereocenters. The van der Waals surface area contributed by atoms with E-state index in [4.69, 9.17) is 5.73 Å². The number of carbonyl (C=O) groups excluding carboxylic acids is 2. The topological polar surface area (TPSA) is 101 Å². The van der Waals surface area contributed by atoms with Gasteiger partial charge in [-0.25, -0.2) is 4.98 Å². The number of thiazole rings is 1. The first-order valence-electron chi connectivity index (χ1n) is 9.61. The Morgan fingerprint density at radius 2 is 1.80 bits per heavy atom. The first-order valence-corrected chi connectivity index (χ1v) is 10.4. The quantitative estimate of drug-likeness (QED) is 0.384. The van der Waals surface area contributed by atoms with Crippen molar-refractivity contribution in [2.75, 3.05) is 27.2 Å². The van der Waals surface area contributed by atoms with E-state index in [-0.39, 0.29) is 17.9 Å². The number of nitrogens with two attached hydrogens (primary N) is 1. The number of ketones is 1. The molecule has 0 bridgehead atoms. The number of pyridine rings is 1. The van der Waals surface area contributed by atoms with E-state index < -0.39 is 5.91 Å². The zero-order valence-corrected chi connectivity index (χ0v) is 17.9. The highest BCUT2D eigenvalue weighted by Gasteiger charge is 2.20. The summed E-state index contributed by atoms with van der Waals surface area (Å²) in [6.07, 6.45) is 3.40. The summed E-state index contributed by atoms with van der Waals surface area (Å²) in [6.45, 7) is 2.61. The Kier molecular flexibility index (Phi) is 7.40. The molecule has 0 radical (unpaired) electrons. The van der Waals surface area contributed by atoms with Gasteiger partial charge in [0.25, 0.3) is 5.91 Å². The number of hydrogen-bond acceptors (Lipinski definition) is 7. The van der Waals surface area contributed by atoms with Gasteiger partial charge in [0.1, 0.15) is 10.7 Å². The van der Waals surface area contributed by atoms with Crippen molar-refractivity contribution in [3.8, 4) is 10.6 Å². The number of carbonyl (C=O) groups is 2. The molecule has 2 heterocycles. The van der Waals surface area contributed by atoms with Gasteiger partial charge in [-0.3, -0.25) is 14.6 Å². The second-order valence-corrected chi connectivity index (χ2v) is 8.25. The Labute approximate surface area is 180 Å². The molecule has 2 aromatic heterocycles. The van der Waals surface area contributed by atoms with Crippen LogP contribution < -0.4 is 11.1 Å². The fourth-order valence-corrected chi connectivity index (χ4v) is 3.94. The van der Waals surface area contributed by atoms with Gasteiger partial charge in [-0.15, -0.1) is 11.3 Å². The minimum atomic E-state index is -0.631. The summed E-state index contributed by atoms with van der Waals surface area (Å²) in [5.74, 6) is -0.706. The molecule has 3 N–H and O–H groups in total. The highest BCUT2D eigenvalue weighted by Crippen LogP contribution is 2.28. The lowest BCUT2D eigenvalue weighted by atomic mass is 10.0. The van der Waals surface area contributed by atoms with Crippen molar-refractivity contribution < 1.29 is 9.59 Å². The Bertz CT molecular complexity index is 1000. The fraction of sp³-hybridized carbons (Fsp3) is 0.273. The van der Waals surface area contributed by atoms with Crippen LogP contribution in [-0.4, -0.2) is 53.7 Å². The van der Waals surface area contributed by atoms with Crippen LogP contribution in [0, 0.1) is 0 Å². The standard InChI is InChI=1S/C22H25N5O2S/c1-27(2)12-11-25-14-15-3-5-16(6-4-15)18(28)13-19-20(21(23)29)26-22(30-19)17-7-9-24-10-8-17/h3-10,25H,11-14H2,1-2H3,(H2,23,29). The molecular formula is C22H25N5O2S. The van der Waals surface area contributed by atoms with Crippen LogP contribution in [0.15, 0.2) is 48.8 Å². The van der Waals surface area contributed by atoms with Crippen LogP contribution in [0.25, 0.3) is 10.6 Å². The molecule has 3 rings (SSSR count). The lowest BCUT2D eigenvalue weighted by Crippen LogP contribution is -2.26. The number of amides is 1. The third-order valence-corrected chi connectivity index (χ3v) is 5.62. The van der Waals surface area contributed by atoms with Gasteiger partial charge >= 0.3 is 0 Å². The Hall–Kier alpha value is -2.94. The van der Waals surface area contributed by atoms with Crippen LogP contribution >= 0.6 is 11.3 Å².